The van der Waals surface area contributed by atoms with Crippen molar-refractivity contribution in [2.24, 2.45) is 7.05 Å². The smallest absolute Gasteiger partial charge is 0.274 e. The first-order valence-corrected chi connectivity index (χ1v) is 10.1. The van der Waals surface area contributed by atoms with Crippen LogP contribution in [-0.2, 0) is 13.6 Å². The molecule has 8 heteroatoms. The van der Waals surface area contributed by atoms with E-state index in [1.165, 1.54) is 0 Å². The summed E-state index contributed by atoms with van der Waals surface area (Å²) in [7, 11) is 1.82. The summed E-state index contributed by atoms with van der Waals surface area (Å²) >= 11 is 0. The van der Waals surface area contributed by atoms with Gasteiger partial charge in [-0.1, -0.05) is 24.3 Å². The first kappa shape index (κ1) is 19.3. The topological polar surface area (TPSA) is 75.1 Å². The summed E-state index contributed by atoms with van der Waals surface area (Å²) < 4.78 is 24.8. The Labute approximate surface area is 179 Å². The molecule has 0 aliphatic carbocycles. The highest BCUT2D eigenvalue weighted by molar-refractivity contribution is 5.92. The Balaban J connectivity index is 1.42. The zero-order valence-electron chi connectivity index (χ0n) is 17.4. The van der Waals surface area contributed by atoms with Crippen LogP contribution in [0.5, 0.6) is 23.0 Å². The molecule has 1 atom stereocenters. The number of fused-ring (bicyclic) bond motifs is 2. The number of aromatic nitrogens is 2. The van der Waals surface area contributed by atoms with Gasteiger partial charge in [-0.15, -0.1) is 0 Å². The van der Waals surface area contributed by atoms with Crippen LogP contribution in [0.2, 0.25) is 0 Å². The number of benzene rings is 2. The lowest BCUT2D eigenvalue weighted by Crippen LogP contribution is -2.43. The van der Waals surface area contributed by atoms with Gasteiger partial charge in [0.2, 0.25) is 6.79 Å². The first-order valence-electron chi connectivity index (χ1n) is 10.1. The number of para-hydroxylation sites is 3. The fraction of sp³-hybridized carbons (Fsp3) is 0.304. The molecule has 1 aromatic heterocycles. The first-order chi connectivity index (χ1) is 15.1. The van der Waals surface area contributed by atoms with Crippen molar-refractivity contribution in [3.05, 3.63) is 65.5 Å². The number of rotatable bonds is 5. The van der Waals surface area contributed by atoms with Crippen LogP contribution in [0, 0.1) is 6.92 Å². The Morgan fingerprint density at radius 1 is 1.10 bits per heavy atom. The Hall–Kier alpha value is -3.68. The van der Waals surface area contributed by atoms with Crippen molar-refractivity contribution in [2.75, 3.05) is 19.9 Å². The molecule has 0 bridgehead atoms. The van der Waals surface area contributed by atoms with Gasteiger partial charge in [-0.2, -0.15) is 5.10 Å². The van der Waals surface area contributed by atoms with Gasteiger partial charge in [0.25, 0.3) is 5.91 Å². The molecule has 0 N–H and O–H groups in total. The second-order valence-corrected chi connectivity index (χ2v) is 7.63. The van der Waals surface area contributed by atoms with E-state index < -0.39 is 0 Å². The lowest BCUT2D eigenvalue weighted by molar-refractivity contribution is 0.0438. The lowest BCUT2D eigenvalue weighted by Gasteiger charge is -2.31. The number of hydrogen-bond donors (Lipinski definition) is 0. The minimum Gasteiger partial charge on any atom is -0.486 e. The van der Waals surface area contributed by atoms with E-state index in [2.05, 4.69) is 5.10 Å². The monoisotopic (exact) mass is 421 g/mol. The minimum absolute atomic E-state index is 0.177. The molecular formula is C23H23N3O5. The van der Waals surface area contributed by atoms with Gasteiger partial charge >= 0.3 is 0 Å². The van der Waals surface area contributed by atoms with Gasteiger partial charge in [-0.3, -0.25) is 9.48 Å². The average molecular weight is 421 g/mol. The molecule has 8 nitrogen and oxygen atoms in total. The molecule has 0 spiro atoms. The van der Waals surface area contributed by atoms with E-state index in [4.69, 9.17) is 18.9 Å². The molecule has 2 aliphatic heterocycles. The van der Waals surface area contributed by atoms with E-state index >= 15 is 0 Å². The Bertz CT molecular complexity index is 1110. The molecule has 3 aromatic rings. The van der Waals surface area contributed by atoms with E-state index in [1.54, 1.807) is 15.6 Å². The minimum atomic E-state index is -0.308. The van der Waals surface area contributed by atoms with Crippen LogP contribution in [0.15, 0.2) is 48.5 Å². The van der Waals surface area contributed by atoms with Crippen LogP contribution in [0.4, 0.5) is 0 Å². The normalized spacial score (nSPS) is 16.3. The highest BCUT2D eigenvalue weighted by atomic mass is 16.7. The third kappa shape index (κ3) is 3.76. The average Bonchev–Trinajstić information content (AvgIpc) is 3.40. The molecule has 3 heterocycles. The van der Waals surface area contributed by atoms with Crippen LogP contribution in [-0.4, -0.2) is 46.6 Å². The number of carbonyl (C=O) groups excluding carboxylic acids is 1. The molecule has 1 amide bonds. The largest absolute Gasteiger partial charge is 0.486 e. The van der Waals surface area contributed by atoms with Gasteiger partial charge in [0.05, 0.1) is 6.54 Å². The zero-order valence-corrected chi connectivity index (χ0v) is 17.4. The number of ether oxygens (including phenoxy) is 4. The number of amides is 1. The second-order valence-electron chi connectivity index (χ2n) is 7.63. The maximum absolute atomic E-state index is 13.4. The van der Waals surface area contributed by atoms with Crippen molar-refractivity contribution in [1.82, 2.24) is 14.7 Å². The number of nitrogens with zero attached hydrogens (tertiary/aromatic N) is 3. The van der Waals surface area contributed by atoms with Crippen LogP contribution in [0.1, 0.15) is 21.7 Å². The van der Waals surface area contributed by atoms with E-state index in [9.17, 15) is 4.79 Å². The van der Waals surface area contributed by atoms with Gasteiger partial charge in [0, 0.05) is 24.8 Å². The van der Waals surface area contributed by atoms with Crippen LogP contribution < -0.4 is 18.9 Å². The molecule has 31 heavy (non-hydrogen) atoms. The Morgan fingerprint density at radius 3 is 2.71 bits per heavy atom. The predicted molar refractivity (Wildman–Crippen MR) is 112 cm³/mol. The van der Waals surface area contributed by atoms with E-state index in [-0.39, 0.29) is 18.8 Å². The van der Waals surface area contributed by atoms with Crippen molar-refractivity contribution >= 4 is 5.91 Å². The summed E-state index contributed by atoms with van der Waals surface area (Å²) in [5, 5.41) is 4.37. The van der Waals surface area contributed by atoms with Crippen molar-refractivity contribution < 1.29 is 23.7 Å². The van der Waals surface area contributed by atoms with Gasteiger partial charge < -0.3 is 23.8 Å². The predicted octanol–water partition coefficient (Wildman–Crippen LogP) is 2.94. The Morgan fingerprint density at radius 2 is 1.90 bits per heavy atom. The Kier molecular flexibility index (Phi) is 4.89. The summed E-state index contributed by atoms with van der Waals surface area (Å²) in [4.78, 5) is 15.1. The second kappa shape index (κ2) is 7.86. The highest BCUT2D eigenvalue weighted by Gasteiger charge is 2.29. The molecule has 2 aliphatic rings. The molecule has 160 valence electrons. The summed E-state index contributed by atoms with van der Waals surface area (Å²) in [6, 6.07) is 15.0. The van der Waals surface area contributed by atoms with Crippen molar-refractivity contribution in [3.8, 4) is 23.0 Å². The van der Waals surface area contributed by atoms with Gasteiger partial charge in [-0.25, -0.2) is 0 Å². The zero-order chi connectivity index (χ0) is 21.4. The standard InChI is InChI=1S/C23H23N3O5/c1-15-10-18(24-25(15)2)23(27)26(11-16-6-5-9-21-22(16)30-14-29-21)12-17-13-28-19-7-3-4-8-20(19)31-17/h3-10,17H,11-14H2,1-2H3/t17-/m0/s1. The lowest BCUT2D eigenvalue weighted by atomic mass is 10.1. The quantitative estimate of drug-likeness (QED) is 0.631. The molecule has 5 rings (SSSR count). The van der Waals surface area contributed by atoms with Crippen molar-refractivity contribution in [2.45, 2.75) is 19.6 Å². The molecule has 0 saturated carbocycles. The van der Waals surface area contributed by atoms with Crippen LogP contribution in [0.3, 0.4) is 0 Å². The maximum Gasteiger partial charge on any atom is 0.274 e. The third-order valence-electron chi connectivity index (χ3n) is 5.45. The number of carbonyl (C=O) groups is 1. The van der Waals surface area contributed by atoms with E-state index in [1.807, 2.05) is 56.4 Å². The highest BCUT2D eigenvalue weighted by Crippen LogP contribution is 2.36. The molecule has 0 saturated heterocycles. The SMILES string of the molecule is Cc1cc(C(=O)N(Cc2cccc3c2OCO3)C[C@H]2COc3ccccc3O2)nn1C. The van der Waals surface area contributed by atoms with Crippen molar-refractivity contribution in [1.29, 1.82) is 0 Å². The fourth-order valence-corrected chi connectivity index (χ4v) is 3.77. The van der Waals surface area contributed by atoms with Gasteiger partial charge in [-0.05, 0) is 31.2 Å². The van der Waals surface area contributed by atoms with Crippen molar-refractivity contribution in [3.63, 3.8) is 0 Å². The molecular weight excluding hydrogens is 398 g/mol. The number of hydrogen-bond acceptors (Lipinski definition) is 6. The summed E-state index contributed by atoms with van der Waals surface area (Å²) in [5.74, 6) is 2.57. The summed E-state index contributed by atoms with van der Waals surface area (Å²) in [6.45, 7) is 3.12. The molecule has 0 fully saturated rings. The molecule has 0 unspecified atom stereocenters. The number of aryl methyl sites for hydroxylation is 2. The van der Waals surface area contributed by atoms with Gasteiger partial charge in [0.15, 0.2) is 34.8 Å². The summed E-state index contributed by atoms with van der Waals surface area (Å²) in [5.41, 5.74) is 2.17. The van der Waals surface area contributed by atoms with Crippen LogP contribution in [0.25, 0.3) is 0 Å². The van der Waals surface area contributed by atoms with Crippen LogP contribution >= 0.6 is 0 Å². The maximum atomic E-state index is 13.4. The third-order valence-corrected chi connectivity index (χ3v) is 5.45. The van der Waals surface area contributed by atoms with E-state index in [0.29, 0.717) is 48.4 Å². The molecule has 2 aromatic carbocycles. The molecule has 0 radical (unpaired) electrons. The fourth-order valence-electron chi connectivity index (χ4n) is 3.77. The summed E-state index contributed by atoms with van der Waals surface area (Å²) in [6.07, 6.45) is -0.308. The van der Waals surface area contributed by atoms with Gasteiger partial charge in [0.1, 0.15) is 6.61 Å². The van der Waals surface area contributed by atoms with E-state index in [0.717, 1.165) is 11.3 Å².